The fourth-order valence-corrected chi connectivity index (χ4v) is 7.45. The van der Waals surface area contributed by atoms with Gasteiger partial charge in [-0.25, -0.2) is 0 Å². The van der Waals surface area contributed by atoms with Crippen molar-refractivity contribution in [2.24, 2.45) is 0 Å². The molecule has 27 heavy (non-hydrogen) atoms. The van der Waals surface area contributed by atoms with Crippen molar-refractivity contribution in [2.75, 3.05) is 0 Å². The van der Waals surface area contributed by atoms with Crippen LogP contribution in [0, 0.1) is 0 Å². The van der Waals surface area contributed by atoms with E-state index in [1.807, 2.05) is 0 Å². The third-order valence-electron chi connectivity index (χ3n) is 3.66. The number of ether oxygens (including phenoxy) is 1. The van der Waals surface area contributed by atoms with Crippen LogP contribution >= 0.6 is 0 Å². The van der Waals surface area contributed by atoms with Gasteiger partial charge in [0.15, 0.2) is 39.6 Å². The van der Waals surface area contributed by atoms with Gasteiger partial charge in [-0.05, 0) is 85.5 Å². The highest BCUT2D eigenvalue weighted by Crippen LogP contribution is 2.35. The quantitative estimate of drug-likeness (QED) is 0.447. The maximum atomic E-state index is 6.63. The SMILES string of the molecule is C[C@H](O[Si](C)(C)C)[C@@H]1O[C@@H](O[Si](C)(C)C)[C@H](O[Si](C)(C)C)[C@@H]1O[Si](C)(C)C. The zero-order chi connectivity index (χ0) is 21.4. The predicted octanol–water partition coefficient (Wildman–Crippen LogP) is 5.24. The molecule has 1 heterocycles. The normalized spacial score (nSPS) is 29.2. The van der Waals surface area contributed by atoms with Crippen LogP contribution in [0.15, 0.2) is 0 Å². The largest absolute Gasteiger partial charge is 0.412 e. The molecule has 5 nitrogen and oxygen atoms in total. The van der Waals surface area contributed by atoms with Crippen LogP contribution in [-0.4, -0.2) is 64.0 Å². The fraction of sp³-hybridized carbons (Fsp3) is 1.00. The molecule has 162 valence electrons. The van der Waals surface area contributed by atoms with E-state index in [1.165, 1.54) is 0 Å². The van der Waals surface area contributed by atoms with E-state index >= 15 is 0 Å². The van der Waals surface area contributed by atoms with Crippen LogP contribution in [0.25, 0.3) is 0 Å². The molecule has 0 amide bonds. The Morgan fingerprint density at radius 1 is 0.593 bits per heavy atom. The lowest BCUT2D eigenvalue weighted by Crippen LogP contribution is -2.52. The summed E-state index contributed by atoms with van der Waals surface area (Å²) >= 11 is 0. The van der Waals surface area contributed by atoms with Gasteiger partial charge in [0.25, 0.3) is 0 Å². The Morgan fingerprint density at radius 3 is 1.37 bits per heavy atom. The Hall–Kier alpha value is 0.668. The van der Waals surface area contributed by atoms with Crippen LogP contribution in [0.4, 0.5) is 0 Å². The van der Waals surface area contributed by atoms with Crippen molar-refractivity contribution in [3.63, 3.8) is 0 Å². The highest BCUT2D eigenvalue weighted by atomic mass is 28.4. The van der Waals surface area contributed by atoms with Crippen LogP contribution in [0.1, 0.15) is 6.92 Å². The zero-order valence-electron chi connectivity index (χ0n) is 19.9. The van der Waals surface area contributed by atoms with Crippen LogP contribution < -0.4 is 0 Å². The second kappa shape index (κ2) is 8.81. The Bertz CT molecular complexity index is 476. The van der Waals surface area contributed by atoms with E-state index in [1.54, 1.807) is 0 Å². The van der Waals surface area contributed by atoms with Gasteiger partial charge < -0.3 is 22.4 Å². The average Bonchev–Trinajstić information content (AvgIpc) is 2.60. The summed E-state index contributed by atoms with van der Waals surface area (Å²) in [5.74, 6) is 0. The van der Waals surface area contributed by atoms with Crippen LogP contribution in [0.5, 0.6) is 0 Å². The summed E-state index contributed by atoms with van der Waals surface area (Å²) < 4.78 is 32.5. The summed E-state index contributed by atoms with van der Waals surface area (Å²) in [4.78, 5) is 0. The summed E-state index contributed by atoms with van der Waals surface area (Å²) in [6, 6.07) is 0. The third kappa shape index (κ3) is 9.81. The highest BCUT2D eigenvalue weighted by Gasteiger charge is 2.52. The number of hydrogen-bond acceptors (Lipinski definition) is 5. The minimum absolute atomic E-state index is 0.0546. The van der Waals surface area contributed by atoms with E-state index in [4.69, 9.17) is 22.4 Å². The Kier molecular flexibility index (Phi) is 8.38. The minimum atomic E-state index is -1.81. The van der Waals surface area contributed by atoms with Crippen LogP contribution in [-0.2, 0) is 22.4 Å². The van der Waals surface area contributed by atoms with E-state index in [0.29, 0.717) is 0 Å². The Balaban J connectivity index is 3.22. The van der Waals surface area contributed by atoms with Gasteiger partial charge in [-0.15, -0.1) is 0 Å². The lowest BCUT2D eigenvalue weighted by atomic mass is 10.1. The van der Waals surface area contributed by atoms with Gasteiger partial charge in [0.2, 0.25) is 0 Å². The smallest absolute Gasteiger partial charge is 0.187 e. The molecule has 1 saturated heterocycles. The van der Waals surface area contributed by atoms with E-state index < -0.39 is 33.3 Å². The van der Waals surface area contributed by atoms with Gasteiger partial charge in [-0.3, -0.25) is 0 Å². The van der Waals surface area contributed by atoms with Crippen molar-refractivity contribution in [3.8, 4) is 0 Å². The first-order chi connectivity index (χ1) is 11.8. The molecule has 1 aliphatic rings. The van der Waals surface area contributed by atoms with Crippen molar-refractivity contribution >= 4 is 33.3 Å². The molecule has 0 saturated carbocycles. The van der Waals surface area contributed by atoms with Crippen LogP contribution in [0.3, 0.4) is 0 Å². The lowest BCUT2D eigenvalue weighted by molar-refractivity contribution is -0.128. The second-order valence-corrected chi connectivity index (χ2v) is 29.4. The van der Waals surface area contributed by atoms with E-state index in [-0.39, 0.29) is 30.7 Å². The van der Waals surface area contributed by atoms with Crippen LogP contribution in [0.2, 0.25) is 78.6 Å². The standard InChI is InChI=1S/C18H44O5Si4/c1-14(20-24(2,3)4)15-16(21-25(5,6)7)17(22-26(8,9)10)18(19-15)23-27(11,12)13/h14-18H,1-13H3/t14-,15-,16+,17+,18-/m0/s1. The Labute approximate surface area is 172 Å². The maximum Gasteiger partial charge on any atom is 0.187 e. The molecule has 0 aromatic rings. The van der Waals surface area contributed by atoms with Gasteiger partial charge in [0.1, 0.15) is 18.3 Å². The summed E-state index contributed by atoms with van der Waals surface area (Å²) in [6.45, 7) is 28.6. The molecule has 0 bridgehead atoms. The van der Waals surface area contributed by atoms with E-state index in [2.05, 4.69) is 85.5 Å². The first-order valence-corrected chi connectivity index (χ1v) is 23.8. The van der Waals surface area contributed by atoms with Crippen molar-refractivity contribution in [1.82, 2.24) is 0 Å². The fourth-order valence-electron chi connectivity index (χ4n) is 3.17. The number of rotatable bonds is 9. The van der Waals surface area contributed by atoms with E-state index in [0.717, 1.165) is 0 Å². The van der Waals surface area contributed by atoms with Crippen molar-refractivity contribution < 1.29 is 22.4 Å². The first-order valence-electron chi connectivity index (χ1n) is 10.1. The molecular weight excluding hydrogens is 409 g/mol. The average molecular weight is 453 g/mol. The van der Waals surface area contributed by atoms with Crippen molar-refractivity contribution in [1.29, 1.82) is 0 Å². The molecule has 0 N–H and O–H groups in total. The highest BCUT2D eigenvalue weighted by molar-refractivity contribution is 6.71. The molecule has 9 heteroatoms. The van der Waals surface area contributed by atoms with Gasteiger partial charge in [0, 0.05) is 0 Å². The summed E-state index contributed by atoms with van der Waals surface area (Å²) in [5, 5.41) is 0. The first kappa shape index (κ1) is 25.7. The predicted molar refractivity (Wildman–Crippen MR) is 123 cm³/mol. The van der Waals surface area contributed by atoms with Crippen molar-refractivity contribution in [3.05, 3.63) is 0 Å². The molecule has 0 unspecified atom stereocenters. The van der Waals surface area contributed by atoms with Gasteiger partial charge in [0.05, 0.1) is 6.10 Å². The van der Waals surface area contributed by atoms with Gasteiger partial charge in [-0.2, -0.15) is 0 Å². The topological polar surface area (TPSA) is 46.2 Å². The lowest BCUT2D eigenvalue weighted by Gasteiger charge is -2.36. The third-order valence-corrected chi connectivity index (χ3v) is 7.64. The molecule has 5 atom stereocenters. The van der Waals surface area contributed by atoms with E-state index in [9.17, 15) is 0 Å². The molecule has 0 aliphatic carbocycles. The number of hydrogen-bond donors (Lipinski definition) is 0. The molecule has 0 aromatic carbocycles. The molecule has 1 rings (SSSR count). The molecule has 1 aliphatic heterocycles. The second-order valence-electron chi connectivity index (χ2n) is 11.5. The molecular formula is C18H44O5Si4. The minimum Gasteiger partial charge on any atom is -0.412 e. The molecule has 0 radical (unpaired) electrons. The molecule has 0 aromatic heterocycles. The molecule has 1 fully saturated rings. The zero-order valence-corrected chi connectivity index (χ0v) is 23.9. The maximum absolute atomic E-state index is 6.63. The van der Waals surface area contributed by atoms with Gasteiger partial charge in [-0.1, -0.05) is 0 Å². The Morgan fingerprint density at radius 2 is 1.00 bits per heavy atom. The summed E-state index contributed by atoms with van der Waals surface area (Å²) in [7, 11) is -7.12. The van der Waals surface area contributed by atoms with Crippen molar-refractivity contribution in [2.45, 2.75) is 116 Å². The van der Waals surface area contributed by atoms with Gasteiger partial charge >= 0.3 is 0 Å². The summed E-state index contributed by atoms with van der Waals surface area (Å²) in [6.07, 6.45) is -0.974. The summed E-state index contributed by atoms with van der Waals surface area (Å²) in [5.41, 5.74) is 0. The molecule has 0 spiro atoms. The monoisotopic (exact) mass is 452 g/mol.